The van der Waals surface area contributed by atoms with Crippen LogP contribution in [0.4, 0.5) is 5.13 Å². The number of pyridine rings is 1. The molecule has 7 nitrogen and oxygen atoms in total. The molecule has 29 heavy (non-hydrogen) atoms. The fourth-order valence-corrected chi connectivity index (χ4v) is 3.65. The summed E-state index contributed by atoms with van der Waals surface area (Å²) in [5.41, 5.74) is 2.65. The van der Waals surface area contributed by atoms with E-state index in [0.29, 0.717) is 23.2 Å². The average molecular weight is 407 g/mol. The van der Waals surface area contributed by atoms with Crippen LogP contribution >= 0.6 is 11.3 Å². The van der Waals surface area contributed by atoms with Crippen molar-refractivity contribution >= 4 is 21.4 Å². The molecule has 0 atom stereocenters. The number of hydrogen-bond donors (Lipinski definition) is 1. The minimum atomic E-state index is -0.142. The van der Waals surface area contributed by atoms with Gasteiger partial charge in [-0.2, -0.15) is 4.52 Å². The Kier molecular flexibility index (Phi) is 5.81. The van der Waals surface area contributed by atoms with Gasteiger partial charge in [0.15, 0.2) is 0 Å². The topological polar surface area (TPSA) is 81.4 Å². The summed E-state index contributed by atoms with van der Waals surface area (Å²) in [6.45, 7) is 3.10. The van der Waals surface area contributed by atoms with E-state index in [1.807, 2.05) is 42.5 Å². The van der Waals surface area contributed by atoms with Crippen LogP contribution in [-0.2, 0) is 19.6 Å². The number of rotatable bonds is 8. The second-order valence-corrected chi connectivity index (χ2v) is 7.50. The van der Waals surface area contributed by atoms with Crippen LogP contribution in [0.2, 0.25) is 0 Å². The van der Waals surface area contributed by atoms with Crippen molar-refractivity contribution in [3.8, 4) is 5.75 Å². The van der Waals surface area contributed by atoms with Gasteiger partial charge in [0, 0.05) is 24.5 Å². The second-order valence-electron chi connectivity index (χ2n) is 6.54. The van der Waals surface area contributed by atoms with Crippen molar-refractivity contribution in [2.75, 3.05) is 5.32 Å². The predicted octanol–water partition coefficient (Wildman–Crippen LogP) is 3.69. The molecule has 1 N–H and O–H groups in total. The first-order valence-electron chi connectivity index (χ1n) is 9.46. The first-order valence-corrected chi connectivity index (χ1v) is 10.3. The molecule has 0 spiro atoms. The summed E-state index contributed by atoms with van der Waals surface area (Å²) in [6, 6.07) is 15.2. The Morgan fingerprint density at radius 1 is 1.14 bits per heavy atom. The number of aromatic nitrogens is 4. The highest BCUT2D eigenvalue weighted by Crippen LogP contribution is 2.19. The van der Waals surface area contributed by atoms with Crippen molar-refractivity contribution in [3.05, 3.63) is 82.0 Å². The molecule has 4 aromatic rings. The van der Waals surface area contributed by atoms with E-state index >= 15 is 0 Å². The van der Waals surface area contributed by atoms with E-state index < -0.39 is 0 Å². The maximum atomic E-state index is 12.2. The van der Waals surface area contributed by atoms with Gasteiger partial charge in [-0.3, -0.25) is 9.78 Å². The standard InChI is InChI=1S/C21H21N5O2S/c1-2-5-16-12-19(27)26-21(24-16)29-20(25-26)23-13-15-7-9-18(10-8-15)28-14-17-6-3-4-11-22-17/h3-4,6-12H,2,5,13-14H2,1H3,(H,23,25). The van der Waals surface area contributed by atoms with Crippen LogP contribution in [0.3, 0.4) is 0 Å². The fourth-order valence-electron chi connectivity index (χ4n) is 2.83. The van der Waals surface area contributed by atoms with Crippen LogP contribution in [0.15, 0.2) is 59.5 Å². The maximum absolute atomic E-state index is 12.2. The minimum absolute atomic E-state index is 0.142. The number of hydrogen-bond acceptors (Lipinski definition) is 7. The maximum Gasteiger partial charge on any atom is 0.275 e. The molecule has 3 heterocycles. The van der Waals surface area contributed by atoms with Crippen molar-refractivity contribution in [2.45, 2.75) is 32.9 Å². The van der Waals surface area contributed by atoms with Crippen LogP contribution in [0.25, 0.3) is 4.96 Å². The van der Waals surface area contributed by atoms with Crippen molar-refractivity contribution in [3.63, 3.8) is 0 Å². The summed E-state index contributed by atoms with van der Waals surface area (Å²) in [4.78, 5) is 21.6. The van der Waals surface area contributed by atoms with Crippen LogP contribution in [0, 0.1) is 0 Å². The van der Waals surface area contributed by atoms with Crippen molar-refractivity contribution in [1.82, 2.24) is 19.6 Å². The normalized spacial score (nSPS) is 10.9. The van der Waals surface area contributed by atoms with Gasteiger partial charge in [-0.05, 0) is 36.2 Å². The largest absolute Gasteiger partial charge is 0.487 e. The SMILES string of the molecule is CCCc1cc(=O)n2nc(NCc3ccc(OCc4ccccn4)cc3)sc2n1. The van der Waals surface area contributed by atoms with Gasteiger partial charge >= 0.3 is 0 Å². The molecule has 4 rings (SSSR count). The summed E-state index contributed by atoms with van der Waals surface area (Å²) >= 11 is 1.38. The van der Waals surface area contributed by atoms with E-state index in [-0.39, 0.29) is 5.56 Å². The Morgan fingerprint density at radius 3 is 2.76 bits per heavy atom. The van der Waals surface area contributed by atoms with Gasteiger partial charge in [0.25, 0.3) is 5.56 Å². The van der Waals surface area contributed by atoms with Gasteiger partial charge in [-0.1, -0.05) is 42.9 Å². The van der Waals surface area contributed by atoms with E-state index in [1.165, 1.54) is 15.9 Å². The predicted molar refractivity (Wildman–Crippen MR) is 113 cm³/mol. The number of aryl methyl sites for hydroxylation is 1. The summed E-state index contributed by atoms with van der Waals surface area (Å²) < 4.78 is 7.10. The summed E-state index contributed by atoms with van der Waals surface area (Å²) in [7, 11) is 0. The minimum Gasteiger partial charge on any atom is -0.487 e. The summed E-state index contributed by atoms with van der Waals surface area (Å²) in [5, 5.41) is 8.26. The van der Waals surface area contributed by atoms with Gasteiger partial charge in [0.1, 0.15) is 12.4 Å². The zero-order valence-corrected chi connectivity index (χ0v) is 16.9. The van der Waals surface area contributed by atoms with Crippen LogP contribution < -0.4 is 15.6 Å². The number of nitrogens with one attached hydrogen (secondary N) is 1. The quantitative estimate of drug-likeness (QED) is 0.480. The van der Waals surface area contributed by atoms with E-state index in [2.05, 4.69) is 27.3 Å². The van der Waals surface area contributed by atoms with Gasteiger partial charge < -0.3 is 10.1 Å². The molecule has 3 aromatic heterocycles. The van der Waals surface area contributed by atoms with E-state index in [0.717, 1.165) is 35.5 Å². The number of anilines is 1. The number of fused-ring (bicyclic) bond motifs is 1. The first kappa shape index (κ1) is 19.1. The summed E-state index contributed by atoms with van der Waals surface area (Å²) in [5.74, 6) is 0.790. The molecule has 0 amide bonds. The Labute approximate surface area is 172 Å². The molecule has 0 aliphatic carbocycles. The fraction of sp³-hybridized carbons (Fsp3) is 0.238. The van der Waals surface area contributed by atoms with E-state index in [4.69, 9.17) is 4.74 Å². The smallest absolute Gasteiger partial charge is 0.275 e. The highest BCUT2D eigenvalue weighted by molar-refractivity contribution is 7.20. The molecular weight excluding hydrogens is 386 g/mol. The lowest BCUT2D eigenvalue weighted by atomic mass is 10.2. The molecule has 0 fully saturated rings. The van der Waals surface area contributed by atoms with Gasteiger partial charge in [-0.15, -0.1) is 5.10 Å². The molecule has 0 radical (unpaired) electrons. The zero-order chi connectivity index (χ0) is 20.1. The molecule has 8 heteroatoms. The molecule has 0 saturated heterocycles. The lowest BCUT2D eigenvalue weighted by Crippen LogP contribution is -2.15. The third-order valence-corrected chi connectivity index (χ3v) is 5.15. The van der Waals surface area contributed by atoms with Gasteiger partial charge in [0.2, 0.25) is 10.1 Å². The van der Waals surface area contributed by atoms with Crippen LogP contribution in [0.5, 0.6) is 5.75 Å². The number of benzene rings is 1. The third kappa shape index (κ3) is 4.78. The lowest BCUT2D eigenvalue weighted by Gasteiger charge is -2.07. The van der Waals surface area contributed by atoms with Crippen LogP contribution in [0.1, 0.15) is 30.3 Å². The Morgan fingerprint density at radius 2 is 2.00 bits per heavy atom. The Balaban J connectivity index is 1.37. The molecule has 0 saturated carbocycles. The highest BCUT2D eigenvalue weighted by Gasteiger charge is 2.08. The molecule has 148 valence electrons. The molecule has 0 bridgehead atoms. The third-order valence-electron chi connectivity index (χ3n) is 4.28. The van der Waals surface area contributed by atoms with Crippen LogP contribution in [-0.4, -0.2) is 19.6 Å². The lowest BCUT2D eigenvalue weighted by molar-refractivity contribution is 0.301. The van der Waals surface area contributed by atoms with Gasteiger partial charge in [0.05, 0.1) is 5.69 Å². The first-order chi connectivity index (χ1) is 14.2. The molecule has 0 aliphatic rings. The Hall–Kier alpha value is -3.26. The van der Waals surface area contributed by atoms with Crippen molar-refractivity contribution in [1.29, 1.82) is 0 Å². The molecule has 1 aromatic carbocycles. The van der Waals surface area contributed by atoms with E-state index in [9.17, 15) is 4.79 Å². The summed E-state index contributed by atoms with van der Waals surface area (Å²) in [6.07, 6.45) is 3.50. The van der Waals surface area contributed by atoms with E-state index in [1.54, 1.807) is 12.3 Å². The van der Waals surface area contributed by atoms with Crippen molar-refractivity contribution < 1.29 is 4.74 Å². The molecule has 0 aliphatic heterocycles. The van der Waals surface area contributed by atoms with Crippen molar-refractivity contribution in [2.24, 2.45) is 0 Å². The zero-order valence-electron chi connectivity index (χ0n) is 16.0. The molecular formula is C21H21N5O2S. The van der Waals surface area contributed by atoms with Gasteiger partial charge in [-0.25, -0.2) is 4.98 Å². The second kappa shape index (κ2) is 8.83. The average Bonchev–Trinajstić information content (AvgIpc) is 3.16. The number of ether oxygens (including phenoxy) is 1. The monoisotopic (exact) mass is 407 g/mol. The number of nitrogens with zero attached hydrogens (tertiary/aromatic N) is 4. The molecule has 0 unspecified atom stereocenters. The highest BCUT2D eigenvalue weighted by atomic mass is 32.1. The Bertz CT molecular complexity index is 1140.